The molecule has 0 aliphatic heterocycles. The van der Waals surface area contributed by atoms with Crippen LogP contribution in [0.15, 0.2) is 0 Å². The highest BCUT2D eigenvalue weighted by molar-refractivity contribution is 4.61. The van der Waals surface area contributed by atoms with Gasteiger partial charge in [0.05, 0.1) is 12.7 Å². The molecule has 0 aliphatic rings. The maximum atomic E-state index is 5.40. The van der Waals surface area contributed by atoms with E-state index < -0.39 is 0 Å². The molecule has 0 spiro atoms. The summed E-state index contributed by atoms with van der Waals surface area (Å²) in [6.07, 6.45) is 2.50. The van der Waals surface area contributed by atoms with Crippen LogP contribution in [0.3, 0.4) is 0 Å². The van der Waals surface area contributed by atoms with E-state index >= 15 is 0 Å². The molecule has 0 saturated heterocycles. The summed E-state index contributed by atoms with van der Waals surface area (Å²) in [5, 5.41) is 0. The zero-order valence-electron chi connectivity index (χ0n) is 7.76. The van der Waals surface area contributed by atoms with Crippen molar-refractivity contribution in [3.05, 3.63) is 0 Å². The lowest BCUT2D eigenvalue weighted by Crippen LogP contribution is -2.39. The second kappa shape index (κ2) is 6.58. The highest BCUT2D eigenvalue weighted by Crippen LogP contribution is 1.97. The van der Waals surface area contributed by atoms with Gasteiger partial charge in [0.15, 0.2) is 0 Å². The third-order valence-corrected chi connectivity index (χ3v) is 1.50. The van der Waals surface area contributed by atoms with Gasteiger partial charge in [0, 0.05) is 6.04 Å². The van der Waals surface area contributed by atoms with Crippen molar-refractivity contribution in [1.29, 1.82) is 0 Å². The van der Waals surface area contributed by atoms with Crippen molar-refractivity contribution in [3.63, 3.8) is 0 Å². The summed E-state index contributed by atoms with van der Waals surface area (Å²) in [5.74, 6) is 5.32. The second-order valence-electron chi connectivity index (χ2n) is 3.03. The Labute approximate surface area is 69.3 Å². The van der Waals surface area contributed by atoms with Crippen LogP contribution in [0.2, 0.25) is 0 Å². The van der Waals surface area contributed by atoms with Crippen molar-refractivity contribution < 1.29 is 4.74 Å². The summed E-state index contributed by atoms with van der Waals surface area (Å²) in [4.78, 5) is 0. The molecule has 0 aliphatic carbocycles. The molecular weight excluding hydrogens is 140 g/mol. The van der Waals surface area contributed by atoms with Gasteiger partial charge in [-0.15, -0.1) is 0 Å². The molecular formula is C8H20N2O. The molecule has 0 aromatic heterocycles. The summed E-state index contributed by atoms with van der Waals surface area (Å²) >= 11 is 0. The molecule has 68 valence electrons. The minimum atomic E-state index is 0.294. The molecule has 0 aromatic carbocycles. The number of hydrogen-bond donors (Lipinski definition) is 2. The zero-order valence-corrected chi connectivity index (χ0v) is 7.76. The molecule has 0 fully saturated rings. The number of nitrogens with two attached hydrogens (primary N) is 1. The maximum Gasteiger partial charge on any atom is 0.0636 e. The van der Waals surface area contributed by atoms with Crippen LogP contribution >= 0.6 is 0 Å². The Hall–Kier alpha value is -0.120. The predicted octanol–water partition coefficient (Wildman–Crippen LogP) is 1.04. The van der Waals surface area contributed by atoms with Crippen molar-refractivity contribution >= 4 is 0 Å². The fourth-order valence-corrected chi connectivity index (χ4v) is 0.872. The van der Waals surface area contributed by atoms with E-state index in [2.05, 4.69) is 12.3 Å². The normalized spacial score (nSPS) is 13.9. The Morgan fingerprint density at radius 3 is 2.45 bits per heavy atom. The summed E-state index contributed by atoms with van der Waals surface area (Å²) in [6, 6.07) is 0.308. The largest absolute Gasteiger partial charge is 0.377 e. The molecule has 0 heterocycles. The van der Waals surface area contributed by atoms with E-state index in [1.807, 2.05) is 13.8 Å². The first-order valence-corrected chi connectivity index (χ1v) is 4.28. The van der Waals surface area contributed by atoms with Gasteiger partial charge < -0.3 is 4.74 Å². The molecule has 0 aromatic rings. The van der Waals surface area contributed by atoms with Gasteiger partial charge in [0.25, 0.3) is 0 Å². The van der Waals surface area contributed by atoms with Crippen molar-refractivity contribution in [1.82, 2.24) is 5.43 Å². The molecule has 1 atom stereocenters. The SMILES string of the molecule is CCCC(COC(C)C)NN. The Kier molecular flexibility index (Phi) is 6.51. The highest BCUT2D eigenvalue weighted by Gasteiger charge is 2.05. The molecule has 0 radical (unpaired) electrons. The topological polar surface area (TPSA) is 47.3 Å². The molecule has 3 nitrogen and oxygen atoms in total. The average Bonchev–Trinajstić information content (AvgIpc) is 1.97. The molecule has 3 N–H and O–H groups in total. The minimum Gasteiger partial charge on any atom is -0.377 e. The average molecular weight is 160 g/mol. The van der Waals surface area contributed by atoms with Crippen LogP contribution in [0, 0.1) is 0 Å². The minimum absolute atomic E-state index is 0.294. The van der Waals surface area contributed by atoms with Gasteiger partial charge in [-0.2, -0.15) is 0 Å². The van der Waals surface area contributed by atoms with Gasteiger partial charge in [-0.25, -0.2) is 0 Å². The Balaban J connectivity index is 3.35. The van der Waals surface area contributed by atoms with Crippen molar-refractivity contribution in [2.24, 2.45) is 5.84 Å². The maximum absolute atomic E-state index is 5.40. The van der Waals surface area contributed by atoms with E-state index in [0.29, 0.717) is 18.8 Å². The Morgan fingerprint density at radius 1 is 1.45 bits per heavy atom. The second-order valence-corrected chi connectivity index (χ2v) is 3.03. The van der Waals surface area contributed by atoms with Crippen molar-refractivity contribution in [2.45, 2.75) is 45.8 Å². The van der Waals surface area contributed by atoms with Gasteiger partial charge in [-0.1, -0.05) is 13.3 Å². The molecule has 0 bridgehead atoms. The molecule has 0 rings (SSSR count). The molecule has 11 heavy (non-hydrogen) atoms. The number of hydrazine groups is 1. The predicted molar refractivity (Wildman–Crippen MR) is 47.1 cm³/mol. The number of hydrogen-bond acceptors (Lipinski definition) is 3. The molecule has 0 amide bonds. The molecule has 1 unspecified atom stereocenters. The molecule has 3 heteroatoms. The van der Waals surface area contributed by atoms with Gasteiger partial charge in [-0.05, 0) is 20.3 Å². The van der Waals surface area contributed by atoms with E-state index in [4.69, 9.17) is 10.6 Å². The lowest BCUT2D eigenvalue weighted by atomic mass is 10.2. The van der Waals surface area contributed by atoms with Gasteiger partial charge in [0.1, 0.15) is 0 Å². The zero-order chi connectivity index (χ0) is 8.69. The summed E-state index contributed by atoms with van der Waals surface area (Å²) in [6.45, 7) is 6.90. The van der Waals surface area contributed by atoms with Crippen molar-refractivity contribution in [2.75, 3.05) is 6.61 Å². The lowest BCUT2D eigenvalue weighted by Gasteiger charge is -2.16. The number of rotatable bonds is 6. The quantitative estimate of drug-likeness (QED) is 0.451. The van der Waals surface area contributed by atoms with E-state index in [-0.39, 0.29) is 0 Å². The smallest absolute Gasteiger partial charge is 0.0636 e. The highest BCUT2D eigenvalue weighted by atomic mass is 16.5. The third-order valence-electron chi connectivity index (χ3n) is 1.50. The monoisotopic (exact) mass is 160 g/mol. The van der Waals surface area contributed by atoms with Crippen LogP contribution in [-0.2, 0) is 4.74 Å². The van der Waals surface area contributed by atoms with Gasteiger partial charge in [0.2, 0.25) is 0 Å². The Bertz CT molecular complexity index is 86.2. The fraction of sp³-hybridized carbons (Fsp3) is 1.00. The van der Waals surface area contributed by atoms with E-state index in [1.54, 1.807) is 0 Å². The van der Waals surface area contributed by atoms with Gasteiger partial charge in [-0.3, -0.25) is 11.3 Å². The van der Waals surface area contributed by atoms with E-state index in [9.17, 15) is 0 Å². The summed E-state index contributed by atoms with van der Waals surface area (Å²) in [5.41, 5.74) is 2.73. The van der Waals surface area contributed by atoms with Crippen LogP contribution < -0.4 is 11.3 Å². The number of ether oxygens (including phenoxy) is 1. The van der Waals surface area contributed by atoms with Crippen LogP contribution in [0.25, 0.3) is 0 Å². The molecule has 0 saturated carbocycles. The van der Waals surface area contributed by atoms with Crippen LogP contribution in [-0.4, -0.2) is 18.8 Å². The van der Waals surface area contributed by atoms with Crippen LogP contribution in [0.1, 0.15) is 33.6 Å². The standard InChI is InChI=1S/C8H20N2O/c1-4-5-8(10-9)6-11-7(2)3/h7-8,10H,4-6,9H2,1-3H3. The van der Waals surface area contributed by atoms with E-state index in [0.717, 1.165) is 12.8 Å². The Morgan fingerprint density at radius 2 is 2.09 bits per heavy atom. The summed E-state index contributed by atoms with van der Waals surface area (Å²) in [7, 11) is 0. The van der Waals surface area contributed by atoms with Gasteiger partial charge >= 0.3 is 0 Å². The third kappa shape index (κ3) is 6.28. The first kappa shape index (κ1) is 10.9. The first-order valence-electron chi connectivity index (χ1n) is 4.28. The van der Waals surface area contributed by atoms with E-state index in [1.165, 1.54) is 0 Å². The first-order chi connectivity index (χ1) is 5.20. The van der Waals surface area contributed by atoms with Crippen molar-refractivity contribution in [3.8, 4) is 0 Å². The number of nitrogens with one attached hydrogen (secondary N) is 1. The fourth-order valence-electron chi connectivity index (χ4n) is 0.872. The summed E-state index contributed by atoms with van der Waals surface area (Å²) < 4.78 is 5.40. The van der Waals surface area contributed by atoms with Crippen LogP contribution in [0.4, 0.5) is 0 Å². The lowest BCUT2D eigenvalue weighted by molar-refractivity contribution is 0.0594. The van der Waals surface area contributed by atoms with Crippen LogP contribution in [0.5, 0.6) is 0 Å².